The topological polar surface area (TPSA) is 110 Å². The molecule has 7 nitrogen and oxygen atoms in total. The molecule has 0 heterocycles. The second-order valence-corrected chi connectivity index (χ2v) is 4.02. The van der Waals surface area contributed by atoms with Crippen LogP contribution in [0.25, 0.3) is 0 Å². The van der Waals surface area contributed by atoms with Crippen molar-refractivity contribution in [3.63, 3.8) is 0 Å². The van der Waals surface area contributed by atoms with Crippen LogP contribution in [0.1, 0.15) is 23.7 Å². The van der Waals surface area contributed by atoms with Crippen molar-refractivity contribution in [1.82, 2.24) is 5.32 Å². The molecule has 1 unspecified atom stereocenters. The van der Waals surface area contributed by atoms with Gasteiger partial charge in [0.2, 0.25) is 5.82 Å². The van der Waals surface area contributed by atoms with Crippen molar-refractivity contribution >= 4 is 17.6 Å². The van der Waals surface area contributed by atoms with Gasteiger partial charge < -0.3 is 10.4 Å². The lowest BCUT2D eigenvalue weighted by Crippen LogP contribution is -2.34. The molecule has 0 bridgehead atoms. The summed E-state index contributed by atoms with van der Waals surface area (Å²) >= 11 is 0. The van der Waals surface area contributed by atoms with E-state index in [2.05, 4.69) is 5.32 Å². The molecule has 0 aliphatic carbocycles. The SMILES string of the molecule is CC(CC(=O)O)NC(=O)c1cc(F)cc([N+](=O)[O-])c1F. The van der Waals surface area contributed by atoms with Gasteiger partial charge in [0.1, 0.15) is 5.82 Å². The van der Waals surface area contributed by atoms with Gasteiger partial charge in [-0.25, -0.2) is 4.39 Å². The van der Waals surface area contributed by atoms with Gasteiger partial charge >= 0.3 is 11.7 Å². The maximum absolute atomic E-state index is 13.7. The second-order valence-electron chi connectivity index (χ2n) is 4.02. The number of carboxylic acid groups (broad SMARTS) is 1. The van der Waals surface area contributed by atoms with Crippen LogP contribution in [0.4, 0.5) is 14.5 Å². The van der Waals surface area contributed by atoms with Gasteiger partial charge in [0.15, 0.2) is 0 Å². The zero-order valence-corrected chi connectivity index (χ0v) is 10.2. The Balaban J connectivity index is 3.04. The lowest BCUT2D eigenvalue weighted by molar-refractivity contribution is -0.387. The van der Waals surface area contributed by atoms with Crippen LogP contribution in [-0.4, -0.2) is 27.9 Å². The van der Waals surface area contributed by atoms with Crippen LogP contribution in [-0.2, 0) is 4.79 Å². The number of nitro groups is 1. The average Bonchev–Trinajstić information content (AvgIpc) is 2.29. The minimum absolute atomic E-state index is 0.354. The Labute approximate surface area is 111 Å². The molecule has 0 aromatic heterocycles. The molecule has 108 valence electrons. The first-order valence-corrected chi connectivity index (χ1v) is 5.38. The van der Waals surface area contributed by atoms with E-state index in [1.807, 2.05) is 0 Å². The van der Waals surface area contributed by atoms with E-state index in [0.717, 1.165) is 0 Å². The van der Waals surface area contributed by atoms with Crippen LogP contribution in [0.2, 0.25) is 0 Å². The number of carbonyl (C=O) groups is 2. The van der Waals surface area contributed by atoms with Gasteiger partial charge in [-0.05, 0) is 13.0 Å². The Bertz CT molecular complexity index is 576. The van der Waals surface area contributed by atoms with E-state index in [1.54, 1.807) is 0 Å². The summed E-state index contributed by atoms with van der Waals surface area (Å²) in [5.74, 6) is -4.94. The maximum Gasteiger partial charge on any atom is 0.308 e. The molecule has 0 fully saturated rings. The monoisotopic (exact) mass is 288 g/mol. The van der Waals surface area contributed by atoms with Gasteiger partial charge in [0, 0.05) is 6.04 Å². The number of carboxylic acids is 1. The number of benzene rings is 1. The van der Waals surface area contributed by atoms with E-state index in [9.17, 15) is 28.5 Å². The van der Waals surface area contributed by atoms with Crippen molar-refractivity contribution in [2.75, 3.05) is 0 Å². The number of nitrogens with zero attached hydrogens (tertiary/aromatic N) is 1. The molecule has 0 saturated heterocycles. The van der Waals surface area contributed by atoms with Crippen molar-refractivity contribution in [3.05, 3.63) is 39.4 Å². The highest BCUT2D eigenvalue weighted by molar-refractivity contribution is 5.95. The largest absolute Gasteiger partial charge is 0.481 e. The number of nitro benzene ring substituents is 1. The fraction of sp³-hybridized carbons (Fsp3) is 0.273. The first-order chi connectivity index (χ1) is 9.22. The lowest BCUT2D eigenvalue weighted by Gasteiger charge is -2.12. The Hall–Kier alpha value is -2.58. The molecule has 0 spiro atoms. The summed E-state index contributed by atoms with van der Waals surface area (Å²) in [6, 6.07) is 0.0134. The molecule has 0 aliphatic heterocycles. The second kappa shape index (κ2) is 6.04. The molecule has 1 rings (SSSR count). The summed E-state index contributed by atoms with van der Waals surface area (Å²) in [6.45, 7) is 1.34. The van der Waals surface area contributed by atoms with Crippen molar-refractivity contribution in [2.45, 2.75) is 19.4 Å². The molecule has 1 atom stereocenters. The minimum atomic E-state index is -1.48. The number of hydrogen-bond acceptors (Lipinski definition) is 4. The minimum Gasteiger partial charge on any atom is -0.481 e. The molecular formula is C11H10F2N2O5. The molecule has 0 radical (unpaired) electrons. The van der Waals surface area contributed by atoms with Gasteiger partial charge in [-0.1, -0.05) is 0 Å². The fourth-order valence-corrected chi connectivity index (χ4v) is 1.49. The zero-order chi connectivity index (χ0) is 15.4. The number of aliphatic carboxylic acids is 1. The third-order valence-electron chi connectivity index (χ3n) is 2.32. The summed E-state index contributed by atoms with van der Waals surface area (Å²) in [7, 11) is 0. The summed E-state index contributed by atoms with van der Waals surface area (Å²) < 4.78 is 26.8. The lowest BCUT2D eigenvalue weighted by atomic mass is 10.1. The van der Waals surface area contributed by atoms with Crippen LogP contribution in [0, 0.1) is 21.7 Å². The number of amides is 1. The highest BCUT2D eigenvalue weighted by atomic mass is 19.1. The first-order valence-electron chi connectivity index (χ1n) is 5.38. The van der Waals surface area contributed by atoms with Gasteiger partial charge in [-0.3, -0.25) is 19.7 Å². The Kier molecular flexibility index (Phi) is 4.68. The molecule has 0 aliphatic rings. The zero-order valence-electron chi connectivity index (χ0n) is 10.2. The van der Waals surface area contributed by atoms with E-state index >= 15 is 0 Å². The third-order valence-corrected chi connectivity index (χ3v) is 2.32. The van der Waals surface area contributed by atoms with Gasteiger partial charge in [0.05, 0.1) is 23.0 Å². The maximum atomic E-state index is 13.7. The van der Waals surface area contributed by atoms with Crippen LogP contribution < -0.4 is 5.32 Å². The predicted octanol–water partition coefficient (Wildman–Crippen LogP) is 1.47. The Morgan fingerprint density at radius 3 is 2.55 bits per heavy atom. The fourth-order valence-electron chi connectivity index (χ4n) is 1.49. The van der Waals surface area contributed by atoms with Gasteiger partial charge in [-0.2, -0.15) is 4.39 Å². The van der Waals surface area contributed by atoms with Crippen LogP contribution in [0.15, 0.2) is 12.1 Å². The predicted molar refractivity (Wildman–Crippen MR) is 62.2 cm³/mol. The van der Waals surface area contributed by atoms with Crippen molar-refractivity contribution in [1.29, 1.82) is 0 Å². The van der Waals surface area contributed by atoms with Crippen molar-refractivity contribution in [3.8, 4) is 0 Å². The average molecular weight is 288 g/mol. The standard InChI is InChI=1S/C11H10F2N2O5/c1-5(2-9(16)17)14-11(18)7-3-6(12)4-8(10(7)13)15(19)20/h3-5H,2H2,1H3,(H,14,18)(H,16,17). The van der Waals surface area contributed by atoms with E-state index in [1.165, 1.54) is 6.92 Å². The quantitative estimate of drug-likeness (QED) is 0.629. The molecule has 1 amide bonds. The number of nitrogens with one attached hydrogen (secondary N) is 1. The van der Waals surface area contributed by atoms with Crippen molar-refractivity contribution < 1.29 is 28.4 Å². The summed E-state index contributed by atoms with van der Waals surface area (Å²) in [5, 5.41) is 21.1. The van der Waals surface area contributed by atoms with Crippen molar-refractivity contribution in [2.24, 2.45) is 0 Å². The molecular weight excluding hydrogens is 278 g/mol. The first kappa shape index (κ1) is 15.5. The molecule has 1 aromatic carbocycles. The summed E-state index contributed by atoms with van der Waals surface area (Å²) in [6.07, 6.45) is -0.426. The number of carbonyl (C=O) groups excluding carboxylic acids is 1. The highest BCUT2D eigenvalue weighted by Gasteiger charge is 2.25. The number of halogens is 2. The van der Waals surface area contributed by atoms with E-state index < -0.39 is 52.1 Å². The van der Waals surface area contributed by atoms with Crippen LogP contribution in [0.3, 0.4) is 0 Å². The van der Waals surface area contributed by atoms with Crippen LogP contribution >= 0.6 is 0 Å². The Morgan fingerprint density at radius 2 is 2.05 bits per heavy atom. The number of rotatable bonds is 5. The third kappa shape index (κ3) is 3.70. The summed E-state index contributed by atoms with van der Waals surface area (Å²) in [5.41, 5.74) is -2.02. The summed E-state index contributed by atoms with van der Waals surface area (Å²) in [4.78, 5) is 31.4. The van der Waals surface area contributed by atoms with Crippen LogP contribution in [0.5, 0.6) is 0 Å². The molecule has 9 heteroatoms. The molecule has 1 aromatic rings. The van der Waals surface area contributed by atoms with E-state index in [4.69, 9.17) is 5.11 Å². The normalized spacial score (nSPS) is 11.8. The smallest absolute Gasteiger partial charge is 0.308 e. The number of hydrogen-bond donors (Lipinski definition) is 2. The molecule has 0 saturated carbocycles. The highest BCUT2D eigenvalue weighted by Crippen LogP contribution is 2.22. The molecule has 2 N–H and O–H groups in total. The Morgan fingerprint density at radius 1 is 1.45 bits per heavy atom. The van der Waals surface area contributed by atoms with Gasteiger partial charge in [-0.15, -0.1) is 0 Å². The molecule has 20 heavy (non-hydrogen) atoms. The van der Waals surface area contributed by atoms with Gasteiger partial charge in [0.25, 0.3) is 5.91 Å². The van der Waals surface area contributed by atoms with E-state index in [-0.39, 0.29) is 0 Å². The van der Waals surface area contributed by atoms with E-state index in [0.29, 0.717) is 12.1 Å².